The van der Waals surface area contributed by atoms with Gasteiger partial charge < -0.3 is 10.6 Å². The lowest BCUT2D eigenvalue weighted by Gasteiger charge is -2.27. The van der Waals surface area contributed by atoms with E-state index in [4.69, 9.17) is 0 Å². The van der Waals surface area contributed by atoms with Gasteiger partial charge in [-0.2, -0.15) is 0 Å². The molecule has 0 aromatic carbocycles. The molecule has 3 rings (SSSR count). The van der Waals surface area contributed by atoms with E-state index in [0.717, 1.165) is 30.7 Å². The number of amides is 2. The summed E-state index contributed by atoms with van der Waals surface area (Å²) in [6.07, 6.45) is 6.58. The van der Waals surface area contributed by atoms with Gasteiger partial charge in [-0.25, -0.2) is 0 Å². The summed E-state index contributed by atoms with van der Waals surface area (Å²) in [4.78, 5) is 33.3. The Morgan fingerprint density at radius 1 is 0.846 bits per heavy atom. The van der Waals surface area contributed by atoms with Gasteiger partial charge in [0.2, 0.25) is 11.8 Å². The van der Waals surface area contributed by atoms with Crippen LogP contribution in [0, 0.1) is 11.8 Å². The summed E-state index contributed by atoms with van der Waals surface area (Å²) in [5, 5.41) is 5.89. The number of carbonyl (C=O) groups excluding carboxylic acids is 2. The van der Waals surface area contributed by atoms with Crippen LogP contribution in [0.3, 0.4) is 0 Å². The van der Waals surface area contributed by atoms with Crippen LogP contribution in [0.15, 0.2) is 48.8 Å². The quantitative estimate of drug-likeness (QED) is 0.835. The standard InChI is InChI=1S/C20H24N4O2/c25-19(23-13-17-8-1-3-10-21-17)15-6-5-7-16(12-15)20(26)24-14-18-9-2-4-11-22-18/h1-4,8-11,15-16H,5-7,12-14H2,(H,23,25)(H,24,26). The van der Waals surface area contributed by atoms with Crippen molar-refractivity contribution in [2.24, 2.45) is 11.8 Å². The Kier molecular flexibility index (Phi) is 6.30. The van der Waals surface area contributed by atoms with E-state index in [2.05, 4.69) is 20.6 Å². The molecule has 2 atom stereocenters. The second-order valence-electron chi connectivity index (χ2n) is 6.64. The van der Waals surface area contributed by atoms with E-state index in [1.165, 1.54) is 0 Å². The second-order valence-corrected chi connectivity index (χ2v) is 6.64. The maximum absolute atomic E-state index is 12.4. The number of nitrogens with zero attached hydrogens (tertiary/aromatic N) is 2. The van der Waals surface area contributed by atoms with Gasteiger partial charge in [-0.15, -0.1) is 0 Å². The van der Waals surface area contributed by atoms with E-state index in [9.17, 15) is 9.59 Å². The first kappa shape index (κ1) is 18.0. The van der Waals surface area contributed by atoms with Crippen molar-refractivity contribution in [1.82, 2.24) is 20.6 Å². The Morgan fingerprint density at radius 2 is 1.35 bits per heavy atom. The molecule has 1 aliphatic carbocycles. The zero-order valence-electron chi connectivity index (χ0n) is 14.7. The van der Waals surface area contributed by atoms with Crippen LogP contribution >= 0.6 is 0 Å². The lowest BCUT2D eigenvalue weighted by molar-refractivity contribution is -0.130. The number of rotatable bonds is 6. The summed E-state index contributed by atoms with van der Waals surface area (Å²) < 4.78 is 0. The van der Waals surface area contributed by atoms with Crippen LogP contribution in [-0.4, -0.2) is 21.8 Å². The molecule has 0 bridgehead atoms. The fourth-order valence-electron chi connectivity index (χ4n) is 3.32. The average molecular weight is 352 g/mol. The van der Waals surface area contributed by atoms with Crippen LogP contribution in [0.1, 0.15) is 37.1 Å². The topological polar surface area (TPSA) is 84.0 Å². The molecule has 2 unspecified atom stereocenters. The van der Waals surface area contributed by atoms with Crippen molar-refractivity contribution in [2.45, 2.75) is 38.8 Å². The molecule has 0 radical (unpaired) electrons. The zero-order valence-corrected chi connectivity index (χ0v) is 14.7. The summed E-state index contributed by atoms with van der Waals surface area (Å²) in [5.74, 6) is -0.202. The van der Waals surface area contributed by atoms with Crippen LogP contribution in [0.4, 0.5) is 0 Å². The summed E-state index contributed by atoms with van der Waals surface area (Å²) in [7, 11) is 0. The Morgan fingerprint density at radius 3 is 1.77 bits per heavy atom. The lowest BCUT2D eigenvalue weighted by atomic mass is 9.80. The zero-order chi connectivity index (χ0) is 18.2. The lowest BCUT2D eigenvalue weighted by Crippen LogP contribution is -2.38. The molecule has 1 aliphatic rings. The predicted molar refractivity (Wildman–Crippen MR) is 97.6 cm³/mol. The molecule has 1 fully saturated rings. The molecule has 6 heteroatoms. The van der Waals surface area contributed by atoms with Gasteiger partial charge in [0.05, 0.1) is 24.5 Å². The van der Waals surface area contributed by atoms with Crippen LogP contribution in [0.5, 0.6) is 0 Å². The third kappa shape index (κ3) is 5.12. The SMILES string of the molecule is O=C(NCc1ccccn1)C1CCCC(C(=O)NCc2ccccn2)C1. The summed E-state index contributed by atoms with van der Waals surface area (Å²) in [5.41, 5.74) is 1.67. The minimum Gasteiger partial charge on any atom is -0.350 e. The monoisotopic (exact) mass is 352 g/mol. The largest absolute Gasteiger partial charge is 0.350 e. The number of aromatic nitrogens is 2. The van der Waals surface area contributed by atoms with Crippen molar-refractivity contribution < 1.29 is 9.59 Å². The highest BCUT2D eigenvalue weighted by Gasteiger charge is 2.31. The van der Waals surface area contributed by atoms with Crippen molar-refractivity contribution in [1.29, 1.82) is 0 Å². The van der Waals surface area contributed by atoms with Gasteiger partial charge in [-0.05, 0) is 43.5 Å². The number of hydrogen-bond acceptors (Lipinski definition) is 4. The number of hydrogen-bond donors (Lipinski definition) is 2. The molecular weight excluding hydrogens is 328 g/mol. The van der Waals surface area contributed by atoms with Crippen LogP contribution in [0.25, 0.3) is 0 Å². The predicted octanol–water partition coefficient (Wildman–Crippen LogP) is 2.22. The third-order valence-electron chi connectivity index (χ3n) is 4.76. The fourth-order valence-corrected chi connectivity index (χ4v) is 3.32. The van der Waals surface area contributed by atoms with Crippen molar-refractivity contribution in [3.8, 4) is 0 Å². The molecule has 0 saturated heterocycles. The molecule has 1 saturated carbocycles. The number of pyridine rings is 2. The normalized spacial score (nSPS) is 19.5. The Balaban J connectivity index is 1.47. The summed E-state index contributed by atoms with van der Waals surface area (Å²) in [6, 6.07) is 11.3. The molecule has 0 spiro atoms. The van der Waals surface area contributed by atoms with Gasteiger partial charge >= 0.3 is 0 Å². The molecule has 2 amide bonds. The molecule has 136 valence electrons. The Labute approximate surface area is 153 Å². The average Bonchev–Trinajstić information content (AvgIpc) is 2.72. The van der Waals surface area contributed by atoms with E-state index < -0.39 is 0 Å². The fraction of sp³-hybridized carbons (Fsp3) is 0.400. The highest BCUT2D eigenvalue weighted by atomic mass is 16.2. The number of carbonyl (C=O) groups is 2. The Hall–Kier alpha value is -2.76. The van der Waals surface area contributed by atoms with Crippen LogP contribution < -0.4 is 10.6 Å². The summed E-state index contributed by atoms with van der Waals surface area (Å²) >= 11 is 0. The maximum Gasteiger partial charge on any atom is 0.223 e. The molecule has 6 nitrogen and oxygen atoms in total. The van der Waals surface area contributed by atoms with Gasteiger partial charge in [-0.1, -0.05) is 18.6 Å². The van der Waals surface area contributed by atoms with Crippen molar-refractivity contribution in [3.63, 3.8) is 0 Å². The van der Waals surface area contributed by atoms with Gasteiger partial charge in [0.15, 0.2) is 0 Å². The first-order valence-corrected chi connectivity index (χ1v) is 9.07. The van der Waals surface area contributed by atoms with Crippen molar-refractivity contribution >= 4 is 11.8 Å². The molecular formula is C20H24N4O2. The first-order valence-electron chi connectivity index (χ1n) is 9.07. The van der Waals surface area contributed by atoms with E-state index in [-0.39, 0.29) is 23.7 Å². The highest BCUT2D eigenvalue weighted by molar-refractivity contribution is 5.82. The van der Waals surface area contributed by atoms with E-state index in [0.29, 0.717) is 19.5 Å². The third-order valence-corrected chi connectivity index (χ3v) is 4.76. The molecule has 26 heavy (non-hydrogen) atoms. The Bertz CT molecular complexity index is 660. The highest BCUT2D eigenvalue weighted by Crippen LogP contribution is 2.29. The first-order chi connectivity index (χ1) is 12.7. The van der Waals surface area contributed by atoms with Gasteiger partial charge in [0.1, 0.15) is 0 Å². The maximum atomic E-state index is 12.4. The number of nitrogens with one attached hydrogen (secondary N) is 2. The van der Waals surface area contributed by atoms with Crippen LogP contribution in [0.2, 0.25) is 0 Å². The smallest absolute Gasteiger partial charge is 0.223 e. The minimum atomic E-state index is -0.113. The molecule has 2 aromatic rings. The van der Waals surface area contributed by atoms with E-state index >= 15 is 0 Å². The summed E-state index contributed by atoms with van der Waals surface area (Å²) in [6.45, 7) is 0.847. The molecule has 2 N–H and O–H groups in total. The van der Waals surface area contributed by atoms with Crippen molar-refractivity contribution in [2.75, 3.05) is 0 Å². The minimum absolute atomic E-state index is 0.0119. The van der Waals surface area contributed by atoms with E-state index in [1.54, 1.807) is 12.4 Å². The van der Waals surface area contributed by atoms with Crippen molar-refractivity contribution in [3.05, 3.63) is 60.2 Å². The van der Waals surface area contributed by atoms with Crippen LogP contribution in [-0.2, 0) is 22.7 Å². The second kappa shape index (κ2) is 9.08. The van der Waals surface area contributed by atoms with Gasteiger partial charge in [0.25, 0.3) is 0 Å². The molecule has 2 heterocycles. The molecule has 2 aromatic heterocycles. The van der Waals surface area contributed by atoms with E-state index in [1.807, 2.05) is 36.4 Å². The van der Waals surface area contributed by atoms with Gasteiger partial charge in [0, 0.05) is 24.2 Å². The van der Waals surface area contributed by atoms with Gasteiger partial charge in [-0.3, -0.25) is 19.6 Å². The molecule has 0 aliphatic heterocycles.